The van der Waals surface area contributed by atoms with Crippen molar-refractivity contribution in [2.45, 2.75) is 33.7 Å². The highest BCUT2D eigenvalue weighted by Gasteiger charge is 2.13. The molecular formula is C14H28IN5O2S2. The first-order valence-corrected chi connectivity index (χ1v) is 10.4. The number of aromatic nitrogens is 1. The van der Waals surface area contributed by atoms with Crippen LogP contribution in [-0.4, -0.2) is 56.1 Å². The number of sulfonamides is 1. The third-order valence-electron chi connectivity index (χ3n) is 3.08. The van der Waals surface area contributed by atoms with Gasteiger partial charge in [0.25, 0.3) is 0 Å². The molecule has 0 radical (unpaired) electrons. The molecule has 0 aliphatic carbocycles. The van der Waals surface area contributed by atoms with Crippen LogP contribution in [0.25, 0.3) is 0 Å². The Hall–Kier alpha value is -0.460. The number of hydrogen-bond donors (Lipinski definition) is 2. The zero-order chi connectivity index (χ0) is 17.3. The molecule has 0 saturated heterocycles. The van der Waals surface area contributed by atoms with Gasteiger partial charge in [-0.15, -0.1) is 35.3 Å². The van der Waals surface area contributed by atoms with Crippen LogP contribution in [0.2, 0.25) is 0 Å². The van der Waals surface area contributed by atoms with Gasteiger partial charge in [-0.1, -0.05) is 6.92 Å². The first-order valence-electron chi connectivity index (χ1n) is 7.75. The second-order valence-electron chi connectivity index (χ2n) is 5.09. The number of hydrogen-bond acceptors (Lipinski definition) is 5. The molecule has 0 unspecified atom stereocenters. The van der Waals surface area contributed by atoms with Crippen LogP contribution in [0.3, 0.4) is 0 Å². The van der Waals surface area contributed by atoms with Gasteiger partial charge in [0.15, 0.2) is 5.96 Å². The second kappa shape index (κ2) is 12.0. The third-order valence-corrected chi connectivity index (χ3v) is 5.36. The maximum atomic E-state index is 11.5. The molecule has 0 amide bonds. The van der Waals surface area contributed by atoms with Crippen LogP contribution in [0, 0.1) is 6.92 Å². The first kappa shape index (κ1) is 23.5. The largest absolute Gasteiger partial charge is 0.357 e. The minimum absolute atomic E-state index is 0. The van der Waals surface area contributed by atoms with Gasteiger partial charge in [0, 0.05) is 37.3 Å². The number of halogens is 1. The molecule has 0 aliphatic rings. The molecule has 1 aromatic rings. The summed E-state index contributed by atoms with van der Waals surface area (Å²) in [6, 6.07) is 0. The number of guanidine groups is 1. The lowest BCUT2D eigenvalue weighted by atomic mass is 10.4. The number of nitrogens with zero attached hydrogens (tertiary/aromatic N) is 3. The minimum Gasteiger partial charge on any atom is -0.357 e. The molecule has 0 atom stereocenters. The van der Waals surface area contributed by atoms with Crippen molar-refractivity contribution >= 4 is 51.3 Å². The topological polar surface area (TPSA) is 86.7 Å². The van der Waals surface area contributed by atoms with Crippen LogP contribution in [0.15, 0.2) is 11.2 Å². The van der Waals surface area contributed by atoms with E-state index in [9.17, 15) is 8.42 Å². The molecule has 1 aromatic heterocycles. The fourth-order valence-electron chi connectivity index (χ4n) is 1.98. The van der Waals surface area contributed by atoms with Crippen molar-refractivity contribution in [2.75, 3.05) is 32.4 Å². The van der Waals surface area contributed by atoms with Crippen LogP contribution in [0.1, 0.15) is 30.2 Å². The van der Waals surface area contributed by atoms with E-state index in [2.05, 4.69) is 20.6 Å². The molecule has 24 heavy (non-hydrogen) atoms. The Morgan fingerprint density at radius 2 is 2.08 bits per heavy atom. The smallest absolute Gasteiger partial charge is 0.211 e. The lowest BCUT2D eigenvalue weighted by Gasteiger charge is -2.18. The van der Waals surface area contributed by atoms with E-state index >= 15 is 0 Å². The molecule has 0 saturated carbocycles. The predicted octanol–water partition coefficient (Wildman–Crippen LogP) is 1.80. The molecule has 0 spiro atoms. The molecule has 0 bridgehead atoms. The minimum atomic E-state index is -3.12. The van der Waals surface area contributed by atoms with Crippen LogP contribution >= 0.6 is 35.3 Å². The summed E-state index contributed by atoms with van der Waals surface area (Å²) in [6.45, 7) is 8.85. The normalized spacial score (nSPS) is 12.1. The standard InChI is InChI=1S/C14H27N5O2S2.HI/c1-5-15-14(18-11-13-17-10-12(3)22-13)16-8-7-9-19(6-2)23(4,20)21;/h10H,5-9,11H2,1-4H3,(H2,15,16,18);1H. The van der Waals surface area contributed by atoms with Crippen molar-refractivity contribution in [3.05, 3.63) is 16.1 Å². The monoisotopic (exact) mass is 489 g/mol. The Morgan fingerprint density at radius 1 is 1.38 bits per heavy atom. The Labute approximate surface area is 166 Å². The summed E-state index contributed by atoms with van der Waals surface area (Å²) in [6.07, 6.45) is 3.81. The molecule has 0 aliphatic heterocycles. The first-order chi connectivity index (χ1) is 10.9. The average Bonchev–Trinajstić information content (AvgIpc) is 2.88. The highest BCUT2D eigenvalue weighted by molar-refractivity contribution is 14.0. The van der Waals surface area contributed by atoms with E-state index in [4.69, 9.17) is 0 Å². The summed E-state index contributed by atoms with van der Waals surface area (Å²) in [5, 5.41) is 7.38. The Bertz CT molecular complexity index is 604. The summed E-state index contributed by atoms with van der Waals surface area (Å²) in [5.41, 5.74) is 0. The van der Waals surface area contributed by atoms with Crippen molar-refractivity contribution in [2.24, 2.45) is 4.99 Å². The lowest BCUT2D eigenvalue weighted by molar-refractivity contribution is 0.424. The number of thiazole rings is 1. The van der Waals surface area contributed by atoms with Gasteiger partial charge in [0.1, 0.15) is 5.01 Å². The van der Waals surface area contributed by atoms with Crippen molar-refractivity contribution in [3.63, 3.8) is 0 Å². The highest BCUT2D eigenvalue weighted by Crippen LogP contribution is 2.11. The third kappa shape index (κ3) is 9.14. The van der Waals surface area contributed by atoms with Gasteiger partial charge in [-0.25, -0.2) is 22.7 Å². The van der Waals surface area contributed by atoms with Crippen molar-refractivity contribution in [1.82, 2.24) is 19.9 Å². The Morgan fingerprint density at radius 3 is 2.58 bits per heavy atom. The van der Waals surface area contributed by atoms with Gasteiger partial charge in [0.05, 0.1) is 12.8 Å². The van der Waals surface area contributed by atoms with Crippen molar-refractivity contribution in [3.8, 4) is 0 Å². The van der Waals surface area contributed by atoms with Gasteiger partial charge in [-0.05, 0) is 20.3 Å². The molecule has 1 heterocycles. The molecular weight excluding hydrogens is 461 g/mol. The quantitative estimate of drug-likeness (QED) is 0.239. The molecule has 140 valence electrons. The predicted molar refractivity (Wildman–Crippen MR) is 112 cm³/mol. The molecule has 2 N–H and O–H groups in total. The summed E-state index contributed by atoms with van der Waals surface area (Å²) in [4.78, 5) is 9.96. The molecule has 1 rings (SSSR count). The highest BCUT2D eigenvalue weighted by atomic mass is 127. The van der Waals surface area contributed by atoms with Crippen molar-refractivity contribution in [1.29, 1.82) is 0 Å². The fraction of sp³-hybridized carbons (Fsp3) is 0.714. The van der Waals surface area contributed by atoms with Crippen LogP contribution in [0.4, 0.5) is 0 Å². The van der Waals surface area contributed by atoms with Gasteiger partial charge < -0.3 is 10.6 Å². The van der Waals surface area contributed by atoms with E-state index in [1.54, 1.807) is 11.3 Å². The zero-order valence-corrected chi connectivity index (χ0v) is 18.7. The number of rotatable bonds is 9. The average molecular weight is 489 g/mol. The van der Waals surface area contributed by atoms with Gasteiger partial charge in [-0.2, -0.15) is 0 Å². The summed E-state index contributed by atoms with van der Waals surface area (Å²) < 4.78 is 24.5. The summed E-state index contributed by atoms with van der Waals surface area (Å²) in [5.74, 6) is 0.725. The summed E-state index contributed by atoms with van der Waals surface area (Å²) >= 11 is 1.64. The molecule has 0 fully saturated rings. The fourth-order valence-corrected chi connectivity index (χ4v) is 3.62. The van der Waals surface area contributed by atoms with Gasteiger partial charge in [0.2, 0.25) is 10.0 Å². The Balaban J connectivity index is 0.00000529. The zero-order valence-electron chi connectivity index (χ0n) is 14.7. The van der Waals surface area contributed by atoms with E-state index in [0.717, 1.165) is 23.9 Å². The van der Waals surface area contributed by atoms with E-state index < -0.39 is 10.0 Å². The van der Waals surface area contributed by atoms with E-state index in [0.29, 0.717) is 26.2 Å². The number of aryl methyl sites for hydroxylation is 1. The van der Waals surface area contributed by atoms with Gasteiger partial charge in [-0.3, -0.25) is 0 Å². The molecule has 7 nitrogen and oxygen atoms in total. The van der Waals surface area contributed by atoms with Crippen LogP contribution in [0.5, 0.6) is 0 Å². The number of aliphatic imine (C=N–C) groups is 1. The molecule has 0 aromatic carbocycles. The van der Waals surface area contributed by atoms with Crippen LogP contribution in [-0.2, 0) is 16.6 Å². The van der Waals surface area contributed by atoms with E-state index in [1.165, 1.54) is 15.4 Å². The summed E-state index contributed by atoms with van der Waals surface area (Å²) in [7, 11) is -3.12. The second-order valence-corrected chi connectivity index (χ2v) is 8.40. The molecule has 10 heteroatoms. The van der Waals surface area contributed by atoms with Crippen molar-refractivity contribution < 1.29 is 8.42 Å². The lowest BCUT2D eigenvalue weighted by Crippen LogP contribution is -2.39. The number of nitrogens with one attached hydrogen (secondary N) is 2. The van der Waals surface area contributed by atoms with E-state index in [1.807, 2.05) is 27.0 Å². The van der Waals surface area contributed by atoms with E-state index in [-0.39, 0.29) is 24.0 Å². The maximum Gasteiger partial charge on any atom is 0.211 e. The Kier molecular flexibility index (Phi) is 11.8. The van der Waals surface area contributed by atoms with Crippen LogP contribution < -0.4 is 10.6 Å². The van der Waals surface area contributed by atoms with Gasteiger partial charge >= 0.3 is 0 Å². The maximum absolute atomic E-state index is 11.5. The SMILES string of the molecule is CCNC(=NCc1ncc(C)s1)NCCCN(CC)S(C)(=O)=O.I.